The van der Waals surface area contributed by atoms with E-state index in [1.54, 1.807) is 0 Å². The van der Waals surface area contributed by atoms with E-state index in [1.807, 2.05) is 0 Å². The van der Waals surface area contributed by atoms with Gasteiger partial charge in [-0.15, -0.1) is 0 Å². The molecular formula is C15H17N3. The van der Waals surface area contributed by atoms with Gasteiger partial charge in [0.2, 0.25) is 5.96 Å². The zero-order valence-corrected chi connectivity index (χ0v) is 10.6. The van der Waals surface area contributed by atoms with E-state index in [1.165, 1.54) is 11.4 Å². The molecule has 0 N–H and O–H groups in total. The largest absolute Gasteiger partial charge is 0.317 e. The van der Waals surface area contributed by atoms with Crippen molar-refractivity contribution in [3.05, 3.63) is 60.0 Å². The van der Waals surface area contributed by atoms with E-state index in [2.05, 4.69) is 70.4 Å². The fraction of sp³-hybridized carbons (Fsp3) is 0.267. The van der Waals surface area contributed by atoms with Crippen LogP contribution in [0.4, 0.5) is 0 Å². The van der Waals surface area contributed by atoms with Gasteiger partial charge in [0.1, 0.15) is 0 Å². The standard InChI is InChI=1S/C15H17N3/c1-17-13-9-5-4-6-10-14(13)18-12-8-3-2-7-11-16-15(17)18/h2-8,10H,9,11-12H2,1H3/b7-2-,8-3-,16-15-. The van der Waals surface area contributed by atoms with Crippen LogP contribution in [0.5, 0.6) is 0 Å². The number of hydrogen-bond donors (Lipinski definition) is 0. The molecule has 92 valence electrons. The number of hydrogen-bond acceptors (Lipinski definition) is 3. The molecule has 0 spiro atoms. The minimum Gasteiger partial charge on any atom is -0.317 e. The SMILES string of the molecule is CN1C2=C(C=CC=CC2)N2C/C=C\C=C/C/N=C/12. The van der Waals surface area contributed by atoms with Crippen LogP contribution in [0.2, 0.25) is 0 Å². The first-order valence-corrected chi connectivity index (χ1v) is 6.31. The Morgan fingerprint density at radius 1 is 1.06 bits per heavy atom. The number of rotatable bonds is 0. The summed E-state index contributed by atoms with van der Waals surface area (Å²) in [5.74, 6) is 1.05. The average Bonchev–Trinajstić information content (AvgIpc) is 2.50. The van der Waals surface area contributed by atoms with Crippen LogP contribution in [0, 0.1) is 0 Å². The maximum atomic E-state index is 4.68. The van der Waals surface area contributed by atoms with Gasteiger partial charge in [0, 0.05) is 25.7 Å². The van der Waals surface area contributed by atoms with Crippen LogP contribution in [0.15, 0.2) is 65.0 Å². The first-order chi connectivity index (χ1) is 8.88. The second kappa shape index (κ2) is 4.69. The zero-order valence-electron chi connectivity index (χ0n) is 10.6. The van der Waals surface area contributed by atoms with Gasteiger partial charge in [0.05, 0.1) is 12.2 Å². The summed E-state index contributed by atoms with van der Waals surface area (Å²) in [6, 6.07) is 0. The highest BCUT2D eigenvalue weighted by molar-refractivity contribution is 5.87. The van der Waals surface area contributed by atoms with Gasteiger partial charge in [-0.05, 0) is 6.08 Å². The molecule has 0 aromatic carbocycles. The topological polar surface area (TPSA) is 18.8 Å². The summed E-state index contributed by atoms with van der Waals surface area (Å²) in [4.78, 5) is 9.17. The molecule has 3 heteroatoms. The first-order valence-electron chi connectivity index (χ1n) is 6.31. The quantitative estimate of drug-likeness (QED) is 0.646. The molecule has 3 rings (SSSR count). The molecule has 1 aliphatic carbocycles. The summed E-state index contributed by atoms with van der Waals surface area (Å²) in [6.45, 7) is 1.61. The molecule has 0 saturated heterocycles. The number of allylic oxidation sites excluding steroid dienone is 6. The molecule has 2 heterocycles. The maximum Gasteiger partial charge on any atom is 0.205 e. The van der Waals surface area contributed by atoms with Gasteiger partial charge in [-0.1, -0.05) is 42.5 Å². The fourth-order valence-corrected chi connectivity index (χ4v) is 2.46. The van der Waals surface area contributed by atoms with Gasteiger partial charge in [0.15, 0.2) is 0 Å². The Hall–Kier alpha value is -2.03. The summed E-state index contributed by atoms with van der Waals surface area (Å²) in [7, 11) is 2.10. The second-order valence-electron chi connectivity index (χ2n) is 4.49. The van der Waals surface area contributed by atoms with Crippen LogP contribution >= 0.6 is 0 Å². The molecule has 3 aliphatic rings. The van der Waals surface area contributed by atoms with Gasteiger partial charge in [0.25, 0.3) is 0 Å². The fourth-order valence-electron chi connectivity index (χ4n) is 2.46. The zero-order chi connectivity index (χ0) is 12.4. The smallest absolute Gasteiger partial charge is 0.205 e. The molecule has 0 bridgehead atoms. The Balaban J connectivity index is 2.01. The van der Waals surface area contributed by atoms with Crippen LogP contribution in [-0.4, -0.2) is 35.9 Å². The molecule has 3 nitrogen and oxygen atoms in total. The highest BCUT2D eigenvalue weighted by Gasteiger charge is 2.30. The summed E-state index contributed by atoms with van der Waals surface area (Å²) >= 11 is 0. The molecule has 0 aromatic heterocycles. The van der Waals surface area contributed by atoms with Gasteiger partial charge < -0.3 is 9.80 Å². The summed E-state index contributed by atoms with van der Waals surface area (Å²) < 4.78 is 0. The lowest BCUT2D eigenvalue weighted by atomic mass is 10.2. The Labute approximate surface area is 108 Å². The van der Waals surface area contributed by atoms with Crippen molar-refractivity contribution in [2.75, 3.05) is 20.1 Å². The van der Waals surface area contributed by atoms with E-state index in [0.29, 0.717) is 0 Å². The number of guanidine groups is 1. The predicted molar refractivity (Wildman–Crippen MR) is 75.0 cm³/mol. The van der Waals surface area contributed by atoms with Crippen molar-refractivity contribution in [1.29, 1.82) is 0 Å². The second-order valence-corrected chi connectivity index (χ2v) is 4.49. The molecule has 0 fully saturated rings. The van der Waals surface area contributed by atoms with Crippen molar-refractivity contribution in [1.82, 2.24) is 9.80 Å². The van der Waals surface area contributed by atoms with Crippen molar-refractivity contribution in [2.45, 2.75) is 6.42 Å². The third kappa shape index (κ3) is 1.82. The first kappa shape index (κ1) is 11.1. The summed E-state index contributed by atoms with van der Waals surface area (Å²) in [5.41, 5.74) is 2.60. The van der Waals surface area contributed by atoms with Crippen molar-refractivity contribution in [2.24, 2.45) is 4.99 Å². The van der Waals surface area contributed by atoms with E-state index < -0.39 is 0 Å². The van der Waals surface area contributed by atoms with E-state index >= 15 is 0 Å². The number of fused-ring (bicyclic) bond motifs is 2. The third-order valence-electron chi connectivity index (χ3n) is 3.35. The lowest BCUT2D eigenvalue weighted by molar-refractivity contribution is 0.540. The van der Waals surface area contributed by atoms with Crippen molar-refractivity contribution in [3.8, 4) is 0 Å². The predicted octanol–water partition coefficient (Wildman–Crippen LogP) is 2.44. The number of aliphatic imine (C=N–C) groups is 1. The minimum atomic E-state index is 0.737. The average molecular weight is 239 g/mol. The highest BCUT2D eigenvalue weighted by atomic mass is 15.4. The maximum absolute atomic E-state index is 4.68. The van der Waals surface area contributed by atoms with E-state index in [0.717, 1.165) is 25.5 Å². The highest BCUT2D eigenvalue weighted by Crippen LogP contribution is 2.29. The van der Waals surface area contributed by atoms with Gasteiger partial charge >= 0.3 is 0 Å². The molecule has 0 amide bonds. The van der Waals surface area contributed by atoms with Crippen molar-refractivity contribution >= 4 is 5.96 Å². The van der Waals surface area contributed by atoms with Crippen molar-refractivity contribution in [3.63, 3.8) is 0 Å². The van der Waals surface area contributed by atoms with Crippen LogP contribution < -0.4 is 0 Å². The summed E-state index contributed by atoms with van der Waals surface area (Å²) in [5, 5.41) is 0. The molecule has 0 atom stereocenters. The van der Waals surface area contributed by atoms with E-state index in [9.17, 15) is 0 Å². The van der Waals surface area contributed by atoms with Gasteiger partial charge in [-0.3, -0.25) is 0 Å². The molecule has 0 saturated carbocycles. The normalized spacial score (nSPS) is 28.6. The minimum absolute atomic E-state index is 0.737. The molecule has 0 aromatic rings. The van der Waals surface area contributed by atoms with E-state index in [4.69, 9.17) is 0 Å². The monoisotopic (exact) mass is 239 g/mol. The van der Waals surface area contributed by atoms with Gasteiger partial charge in [-0.25, -0.2) is 4.99 Å². The molecular weight excluding hydrogens is 222 g/mol. The van der Waals surface area contributed by atoms with Crippen molar-refractivity contribution < 1.29 is 0 Å². The molecule has 2 aliphatic heterocycles. The van der Waals surface area contributed by atoms with Crippen LogP contribution in [0.25, 0.3) is 0 Å². The van der Waals surface area contributed by atoms with E-state index in [-0.39, 0.29) is 0 Å². The Bertz CT molecular complexity index is 518. The van der Waals surface area contributed by atoms with Crippen LogP contribution in [0.1, 0.15) is 6.42 Å². The third-order valence-corrected chi connectivity index (χ3v) is 3.35. The lowest BCUT2D eigenvalue weighted by Crippen LogP contribution is -2.33. The van der Waals surface area contributed by atoms with Crippen LogP contribution in [0.3, 0.4) is 0 Å². The Kier molecular flexibility index (Phi) is 2.89. The molecule has 18 heavy (non-hydrogen) atoms. The molecule has 0 unspecified atom stereocenters. The van der Waals surface area contributed by atoms with Crippen LogP contribution in [-0.2, 0) is 0 Å². The van der Waals surface area contributed by atoms with Gasteiger partial charge in [-0.2, -0.15) is 0 Å². The Morgan fingerprint density at radius 2 is 1.89 bits per heavy atom. The number of nitrogens with zero attached hydrogens (tertiary/aromatic N) is 3. The lowest BCUT2D eigenvalue weighted by Gasteiger charge is -2.21. The summed E-state index contributed by atoms with van der Waals surface area (Å²) in [6.07, 6.45) is 18.0. The Morgan fingerprint density at radius 3 is 2.83 bits per heavy atom. The molecule has 0 radical (unpaired) electrons.